The van der Waals surface area contributed by atoms with Crippen molar-refractivity contribution in [2.24, 2.45) is 0 Å². The summed E-state index contributed by atoms with van der Waals surface area (Å²) >= 11 is 9.38. The van der Waals surface area contributed by atoms with Crippen LogP contribution in [0.15, 0.2) is 35.2 Å². The second-order valence-corrected chi connectivity index (χ2v) is 4.99. The molecule has 0 saturated carbocycles. The molecule has 0 radical (unpaired) electrons. The molecule has 0 aromatic carbocycles. The van der Waals surface area contributed by atoms with Gasteiger partial charge in [0, 0.05) is 29.6 Å². The number of aryl methyl sites for hydroxylation is 1. The van der Waals surface area contributed by atoms with Gasteiger partial charge in [0.15, 0.2) is 5.15 Å². The van der Waals surface area contributed by atoms with Crippen LogP contribution in [0.25, 0.3) is 0 Å². The van der Waals surface area contributed by atoms with Gasteiger partial charge in [-0.1, -0.05) is 11.6 Å². The fraction of sp³-hybridized carbons (Fsp3) is 0.167. The second-order valence-electron chi connectivity index (χ2n) is 3.72. The first-order chi connectivity index (χ1) is 8.15. The fourth-order valence-electron chi connectivity index (χ4n) is 1.43. The van der Waals surface area contributed by atoms with Crippen molar-refractivity contribution in [1.29, 1.82) is 0 Å². The van der Waals surface area contributed by atoms with E-state index in [-0.39, 0.29) is 0 Å². The van der Waals surface area contributed by atoms with Gasteiger partial charge in [0.25, 0.3) is 0 Å². The minimum Gasteiger partial charge on any atom is -0.378 e. The van der Waals surface area contributed by atoms with Crippen LogP contribution in [-0.4, -0.2) is 9.97 Å². The van der Waals surface area contributed by atoms with E-state index in [9.17, 15) is 0 Å². The minimum atomic E-state index is 0.485. The van der Waals surface area contributed by atoms with E-state index in [1.54, 1.807) is 12.4 Å². The molecule has 0 spiro atoms. The summed E-state index contributed by atoms with van der Waals surface area (Å²) < 4.78 is 0.963. The van der Waals surface area contributed by atoms with E-state index >= 15 is 0 Å². The standard InChI is InChI=1S/C12H11BrClN3/c1-8-2-11(12(14)17-4-8)16-6-9-3-10(13)7-15-5-9/h2-5,7,16H,6H2,1H3. The number of nitrogens with zero attached hydrogens (tertiary/aromatic N) is 2. The van der Waals surface area contributed by atoms with Crippen LogP contribution in [0.4, 0.5) is 5.69 Å². The first kappa shape index (κ1) is 12.3. The molecule has 0 saturated heterocycles. The van der Waals surface area contributed by atoms with Crippen LogP contribution in [0.5, 0.6) is 0 Å². The van der Waals surface area contributed by atoms with E-state index in [0.717, 1.165) is 21.3 Å². The second kappa shape index (κ2) is 5.47. The van der Waals surface area contributed by atoms with Crippen LogP contribution in [0, 0.1) is 6.92 Å². The molecule has 1 N–H and O–H groups in total. The molecule has 2 rings (SSSR count). The van der Waals surface area contributed by atoms with Gasteiger partial charge in [-0.25, -0.2) is 4.98 Å². The Hall–Kier alpha value is -1.13. The lowest BCUT2D eigenvalue weighted by Gasteiger charge is -2.08. The third kappa shape index (κ3) is 3.41. The van der Waals surface area contributed by atoms with Crippen molar-refractivity contribution in [2.45, 2.75) is 13.5 Å². The first-order valence-corrected chi connectivity index (χ1v) is 6.27. The summed E-state index contributed by atoms with van der Waals surface area (Å²) in [5.74, 6) is 0. The smallest absolute Gasteiger partial charge is 0.152 e. The lowest BCUT2D eigenvalue weighted by molar-refractivity contribution is 1.10. The number of nitrogens with one attached hydrogen (secondary N) is 1. The Morgan fingerprint density at radius 3 is 2.88 bits per heavy atom. The molecule has 0 fully saturated rings. The quantitative estimate of drug-likeness (QED) is 0.876. The maximum absolute atomic E-state index is 6.00. The molecular weight excluding hydrogens is 302 g/mol. The van der Waals surface area contributed by atoms with Crippen molar-refractivity contribution in [3.05, 3.63) is 51.5 Å². The van der Waals surface area contributed by atoms with E-state index in [0.29, 0.717) is 11.7 Å². The van der Waals surface area contributed by atoms with Crippen molar-refractivity contribution >= 4 is 33.2 Å². The van der Waals surface area contributed by atoms with Crippen molar-refractivity contribution < 1.29 is 0 Å². The van der Waals surface area contributed by atoms with Crippen molar-refractivity contribution in [3.63, 3.8) is 0 Å². The highest BCUT2D eigenvalue weighted by Gasteiger charge is 2.02. The van der Waals surface area contributed by atoms with Crippen LogP contribution in [-0.2, 0) is 6.54 Å². The van der Waals surface area contributed by atoms with Gasteiger partial charge in [-0.05, 0) is 46.1 Å². The molecule has 0 unspecified atom stereocenters. The van der Waals surface area contributed by atoms with Gasteiger partial charge in [-0.3, -0.25) is 4.98 Å². The summed E-state index contributed by atoms with van der Waals surface area (Å²) in [5.41, 5.74) is 2.99. The summed E-state index contributed by atoms with van der Waals surface area (Å²) in [6.45, 7) is 2.65. The number of hydrogen-bond donors (Lipinski definition) is 1. The SMILES string of the molecule is Cc1cnc(Cl)c(NCc2cncc(Br)c2)c1. The molecule has 5 heteroatoms. The topological polar surface area (TPSA) is 37.8 Å². The van der Waals surface area contributed by atoms with Gasteiger partial charge in [0.05, 0.1) is 5.69 Å². The number of pyridine rings is 2. The van der Waals surface area contributed by atoms with E-state index in [2.05, 4.69) is 31.2 Å². The van der Waals surface area contributed by atoms with Crippen LogP contribution < -0.4 is 5.32 Å². The highest BCUT2D eigenvalue weighted by Crippen LogP contribution is 2.20. The molecule has 0 amide bonds. The maximum atomic E-state index is 6.00. The Kier molecular flexibility index (Phi) is 3.97. The first-order valence-electron chi connectivity index (χ1n) is 5.10. The molecular formula is C12H11BrClN3. The highest BCUT2D eigenvalue weighted by atomic mass is 79.9. The molecule has 88 valence electrons. The van der Waals surface area contributed by atoms with E-state index in [1.165, 1.54) is 0 Å². The zero-order valence-electron chi connectivity index (χ0n) is 9.24. The molecule has 2 heterocycles. The molecule has 0 aliphatic rings. The Morgan fingerprint density at radius 2 is 2.12 bits per heavy atom. The van der Waals surface area contributed by atoms with Crippen molar-refractivity contribution in [2.75, 3.05) is 5.32 Å². The molecule has 0 aliphatic carbocycles. The van der Waals surface area contributed by atoms with Crippen LogP contribution >= 0.6 is 27.5 Å². The summed E-state index contributed by atoms with van der Waals surface area (Å²) in [6, 6.07) is 3.98. The van der Waals surface area contributed by atoms with Gasteiger partial charge < -0.3 is 5.32 Å². The normalized spacial score (nSPS) is 10.3. The van der Waals surface area contributed by atoms with Gasteiger partial charge in [-0.15, -0.1) is 0 Å². The molecule has 0 bridgehead atoms. The fourth-order valence-corrected chi connectivity index (χ4v) is 2.01. The monoisotopic (exact) mass is 311 g/mol. The predicted octanol–water partition coefficient (Wildman–Crippen LogP) is 3.81. The third-order valence-corrected chi connectivity index (χ3v) is 2.96. The minimum absolute atomic E-state index is 0.485. The highest BCUT2D eigenvalue weighted by molar-refractivity contribution is 9.10. The van der Waals surface area contributed by atoms with Crippen molar-refractivity contribution in [1.82, 2.24) is 9.97 Å². The van der Waals surface area contributed by atoms with Gasteiger partial charge in [0.1, 0.15) is 0 Å². The molecule has 2 aromatic rings. The summed E-state index contributed by atoms with van der Waals surface area (Å²) in [5, 5.41) is 3.73. The predicted molar refractivity (Wildman–Crippen MR) is 73.2 cm³/mol. The largest absolute Gasteiger partial charge is 0.378 e. The molecule has 17 heavy (non-hydrogen) atoms. The van der Waals surface area contributed by atoms with Crippen molar-refractivity contribution in [3.8, 4) is 0 Å². The van der Waals surface area contributed by atoms with E-state index < -0.39 is 0 Å². The number of halogens is 2. The zero-order valence-corrected chi connectivity index (χ0v) is 11.6. The average Bonchev–Trinajstić information content (AvgIpc) is 2.30. The van der Waals surface area contributed by atoms with Gasteiger partial charge >= 0.3 is 0 Å². The Labute approximate surface area is 113 Å². The number of hydrogen-bond acceptors (Lipinski definition) is 3. The third-order valence-electron chi connectivity index (χ3n) is 2.22. The van der Waals surface area contributed by atoms with Crippen LogP contribution in [0.3, 0.4) is 0 Å². The molecule has 0 atom stereocenters. The summed E-state index contributed by atoms with van der Waals surface area (Å²) in [4.78, 5) is 8.19. The lowest BCUT2D eigenvalue weighted by Crippen LogP contribution is -2.01. The van der Waals surface area contributed by atoms with Crippen LogP contribution in [0.1, 0.15) is 11.1 Å². The molecule has 2 aromatic heterocycles. The van der Waals surface area contributed by atoms with E-state index in [1.807, 2.05) is 25.3 Å². The summed E-state index contributed by atoms with van der Waals surface area (Å²) in [6.07, 6.45) is 5.31. The lowest BCUT2D eigenvalue weighted by atomic mass is 10.2. The Bertz CT molecular complexity index is 531. The van der Waals surface area contributed by atoms with E-state index in [4.69, 9.17) is 11.6 Å². The summed E-state index contributed by atoms with van der Waals surface area (Å²) in [7, 11) is 0. The van der Waals surface area contributed by atoms with Gasteiger partial charge in [0.2, 0.25) is 0 Å². The molecule has 3 nitrogen and oxygen atoms in total. The Morgan fingerprint density at radius 1 is 1.29 bits per heavy atom. The number of anilines is 1. The zero-order chi connectivity index (χ0) is 12.3. The number of aromatic nitrogens is 2. The maximum Gasteiger partial charge on any atom is 0.152 e. The average molecular weight is 313 g/mol. The van der Waals surface area contributed by atoms with Gasteiger partial charge in [-0.2, -0.15) is 0 Å². The Balaban J connectivity index is 2.09. The van der Waals surface area contributed by atoms with Crippen LogP contribution in [0.2, 0.25) is 5.15 Å². The molecule has 0 aliphatic heterocycles. The number of rotatable bonds is 3.